The molecule has 2 heterocycles. The Balaban J connectivity index is 1.56. The maximum Gasteiger partial charge on any atom is 0.164 e. The molecular weight excluding hydrogens is 238 g/mol. The highest BCUT2D eigenvalue weighted by Crippen LogP contribution is 2.35. The fourth-order valence-corrected chi connectivity index (χ4v) is 2.73. The van der Waals surface area contributed by atoms with Crippen LogP contribution < -0.4 is 9.47 Å². The molecule has 0 amide bonds. The lowest BCUT2D eigenvalue weighted by molar-refractivity contribution is 0.243. The van der Waals surface area contributed by atoms with Crippen LogP contribution in [0.3, 0.4) is 0 Å². The average molecular weight is 261 g/mol. The molecule has 3 rings (SSSR count). The van der Waals surface area contributed by atoms with Gasteiger partial charge in [0.1, 0.15) is 6.61 Å². The van der Waals surface area contributed by atoms with Crippen LogP contribution in [0.5, 0.6) is 11.5 Å². The van der Waals surface area contributed by atoms with Crippen molar-refractivity contribution in [1.82, 2.24) is 4.90 Å². The first-order chi connectivity index (χ1) is 9.24. The number of hydrogen-bond acceptors (Lipinski definition) is 3. The van der Waals surface area contributed by atoms with Gasteiger partial charge in [0.2, 0.25) is 0 Å². The average Bonchev–Trinajstić information content (AvgIpc) is 3.13. The molecule has 3 heteroatoms. The fourth-order valence-electron chi connectivity index (χ4n) is 2.73. The Hall–Kier alpha value is -1.22. The molecular formula is C16H23NO2. The maximum atomic E-state index is 5.97. The summed E-state index contributed by atoms with van der Waals surface area (Å²) in [6.45, 7) is 8.48. The van der Waals surface area contributed by atoms with Crippen molar-refractivity contribution in [3.63, 3.8) is 0 Å². The molecule has 2 aliphatic rings. The van der Waals surface area contributed by atoms with Crippen LogP contribution in [-0.4, -0.2) is 37.2 Å². The van der Waals surface area contributed by atoms with Crippen LogP contribution >= 0.6 is 0 Å². The van der Waals surface area contributed by atoms with Gasteiger partial charge >= 0.3 is 0 Å². The van der Waals surface area contributed by atoms with Crippen molar-refractivity contribution >= 4 is 0 Å². The molecule has 1 aromatic rings. The minimum absolute atomic E-state index is 0.599. The zero-order valence-electron chi connectivity index (χ0n) is 11.9. The molecule has 0 spiro atoms. The maximum absolute atomic E-state index is 5.97. The number of aryl methyl sites for hydroxylation is 1. The SMILES string of the molecule is CC(C)CN1CC1COc1cccc2c1OCCC2. The number of para-hydroxylation sites is 1. The Kier molecular flexibility index (Phi) is 3.65. The predicted molar refractivity (Wildman–Crippen MR) is 76.0 cm³/mol. The Labute approximate surface area is 115 Å². The topological polar surface area (TPSA) is 21.5 Å². The summed E-state index contributed by atoms with van der Waals surface area (Å²) in [5.74, 6) is 2.64. The summed E-state index contributed by atoms with van der Waals surface area (Å²) < 4.78 is 11.7. The van der Waals surface area contributed by atoms with Gasteiger partial charge in [0.05, 0.1) is 12.6 Å². The fraction of sp³-hybridized carbons (Fsp3) is 0.625. The smallest absolute Gasteiger partial charge is 0.164 e. The molecule has 3 nitrogen and oxygen atoms in total. The second-order valence-electron chi connectivity index (χ2n) is 6.01. The number of nitrogens with zero attached hydrogens (tertiary/aromatic N) is 1. The molecule has 0 aliphatic carbocycles. The van der Waals surface area contributed by atoms with Crippen molar-refractivity contribution in [1.29, 1.82) is 0 Å². The van der Waals surface area contributed by atoms with E-state index < -0.39 is 0 Å². The molecule has 1 saturated heterocycles. The molecule has 2 atom stereocenters. The van der Waals surface area contributed by atoms with E-state index in [1.807, 2.05) is 6.07 Å². The van der Waals surface area contributed by atoms with E-state index in [1.165, 1.54) is 18.7 Å². The largest absolute Gasteiger partial charge is 0.489 e. The highest BCUT2D eigenvalue weighted by Gasteiger charge is 2.34. The van der Waals surface area contributed by atoms with E-state index in [-0.39, 0.29) is 0 Å². The van der Waals surface area contributed by atoms with Crippen molar-refractivity contribution in [3.8, 4) is 11.5 Å². The number of hydrogen-bond donors (Lipinski definition) is 0. The molecule has 2 aliphatic heterocycles. The lowest BCUT2D eigenvalue weighted by Gasteiger charge is -2.20. The van der Waals surface area contributed by atoms with Crippen LogP contribution in [0.25, 0.3) is 0 Å². The number of benzene rings is 1. The van der Waals surface area contributed by atoms with Crippen molar-refractivity contribution in [2.45, 2.75) is 32.7 Å². The summed E-state index contributed by atoms with van der Waals surface area (Å²) in [6.07, 6.45) is 2.22. The molecule has 0 radical (unpaired) electrons. The van der Waals surface area contributed by atoms with Crippen molar-refractivity contribution in [2.75, 3.05) is 26.3 Å². The molecule has 0 aromatic heterocycles. The summed E-state index contributed by atoms with van der Waals surface area (Å²) in [5.41, 5.74) is 1.29. The first-order valence-corrected chi connectivity index (χ1v) is 7.35. The lowest BCUT2D eigenvalue weighted by atomic mass is 10.1. The summed E-state index contributed by atoms with van der Waals surface area (Å²) >= 11 is 0. The summed E-state index contributed by atoms with van der Waals surface area (Å²) in [5, 5.41) is 0. The first kappa shape index (κ1) is 12.8. The second-order valence-corrected chi connectivity index (χ2v) is 6.01. The van der Waals surface area contributed by atoms with Gasteiger partial charge in [-0.05, 0) is 30.4 Å². The molecule has 0 bridgehead atoms. The Morgan fingerprint density at radius 2 is 2.32 bits per heavy atom. The van der Waals surface area contributed by atoms with Crippen LogP contribution in [-0.2, 0) is 6.42 Å². The molecule has 1 aromatic carbocycles. The summed E-state index contributed by atoms with van der Waals surface area (Å²) in [7, 11) is 0. The number of ether oxygens (including phenoxy) is 2. The van der Waals surface area contributed by atoms with E-state index in [9.17, 15) is 0 Å². The Bertz CT molecular complexity index is 444. The van der Waals surface area contributed by atoms with E-state index in [1.54, 1.807) is 0 Å². The van der Waals surface area contributed by atoms with Crippen molar-refractivity contribution in [3.05, 3.63) is 23.8 Å². The van der Waals surface area contributed by atoms with Crippen molar-refractivity contribution < 1.29 is 9.47 Å². The van der Waals surface area contributed by atoms with E-state index >= 15 is 0 Å². The van der Waals surface area contributed by atoms with Gasteiger partial charge in [-0.15, -0.1) is 0 Å². The van der Waals surface area contributed by atoms with Crippen LogP contribution in [0.1, 0.15) is 25.8 Å². The highest BCUT2D eigenvalue weighted by atomic mass is 16.5. The standard InChI is InChI=1S/C16H23NO2/c1-12(2)9-17-10-14(17)11-19-15-7-3-5-13-6-4-8-18-16(13)15/h3,5,7,12,14H,4,6,8-11H2,1-2H3. The zero-order chi connectivity index (χ0) is 13.2. The molecule has 1 fully saturated rings. The molecule has 19 heavy (non-hydrogen) atoms. The van der Waals surface area contributed by atoms with Crippen molar-refractivity contribution in [2.24, 2.45) is 5.92 Å². The third-order valence-corrected chi connectivity index (χ3v) is 3.76. The van der Waals surface area contributed by atoms with Gasteiger partial charge in [-0.1, -0.05) is 26.0 Å². The van der Waals surface area contributed by atoms with Gasteiger partial charge in [0.25, 0.3) is 0 Å². The quantitative estimate of drug-likeness (QED) is 0.761. The minimum atomic E-state index is 0.599. The van der Waals surface area contributed by atoms with Gasteiger partial charge in [-0.3, -0.25) is 4.90 Å². The minimum Gasteiger partial charge on any atom is -0.489 e. The normalized spacial score (nSPS) is 24.8. The van der Waals surface area contributed by atoms with E-state index in [0.717, 1.165) is 43.5 Å². The van der Waals surface area contributed by atoms with Gasteiger partial charge in [-0.25, -0.2) is 0 Å². The third-order valence-electron chi connectivity index (χ3n) is 3.76. The van der Waals surface area contributed by atoms with Gasteiger partial charge in [0, 0.05) is 13.1 Å². The van der Waals surface area contributed by atoms with E-state index in [4.69, 9.17) is 9.47 Å². The van der Waals surface area contributed by atoms with Crippen LogP contribution in [0.15, 0.2) is 18.2 Å². The first-order valence-electron chi connectivity index (χ1n) is 7.35. The molecule has 104 valence electrons. The Morgan fingerprint density at radius 3 is 3.16 bits per heavy atom. The molecule has 0 N–H and O–H groups in total. The van der Waals surface area contributed by atoms with Crippen LogP contribution in [0.2, 0.25) is 0 Å². The predicted octanol–water partition coefficient (Wildman–Crippen LogP) is 2.73. The van der Waals surface area contributed by atoms with Gasteiger partial charge in [-0.2, -0.15) is 0 Å². The third kappa shape index (κ3) is 3.03. The van der Waals surface area contributed by atoms with E-state index in [0.29, 0.717) is 6.04 Å². The monoisotopic (exact) mass is 261 g/mol. The Morgan fingerprint density at radius 1 is 1.42 bits per heavy atom. The summed E-state index contributed by atoms with van der Waals surface area (Å²) in [4.78, 5) is 2.47. The zero-order valence-corrected chi connectivity index (χ0v) is 11.9. The van der Waals surface area contributed by atoms with Crippen LogP contribution in [0.4, 0.5) is 0 Å². The molecule has 0 saturated carbocycles. The lowest BCUT2D eigenvalue weighted by Crippen LogP contribution is -2.16. The number of fused-ring (bicyclic) bond motifs is 1. The van der Waals surface area contributed by atoms with Gasteiger partial charge in [0.15, 0.2) is 11.5 Å². The molecule has 2 unspecified atom stereocenters. The van der Waals surface area contributed by atoms with Gasteiger partial charge < -0.3 is 9.47 Å². The highest BCUT2D eigenvalue weighted by molar-refractivity contribution is 5.47. The summed E-state index contributed by atoms with van der Waals surface area (Å²) in [6, 6.07) is 6.84. The number of rotatable bonds is 5. The van der Waals surface area contributed by atoms with E-state index in [2.05, 4.69) is 30.9 Å². The van der Waals surface area contributed by atoms with Crippen LogP contribution in [0, 0.1) is 5.92 Å². The second kappa shape index (κ2) is 5.41.